The minimum atomic E-state index is -0.266. The molecular weight excluding hydrogens is 316 g/mol. The molecule has 5 nitrogen and oxygen atoms in total. The molecule has 4 rings (SSSR count). The average molecular weight is 327 g/mol. The Morgan fingerprint density at radius 1 is 1.13 bits per heavy atom. The lowest BCUT2D eigenvalue weighted by atomic mass is 10.1. The maximum atomic E-state index is 12.1. The monoisotopic (exact) mass is 326 g/mol. The summed E-state index contributed by atoms with van der Waals surface area (Å²) >= 11 is 6.23. The number of hydrogen-bond donors (Lipinski definition) is 1. The summed E-state index contributed by atoms with van der Waals surface area (Å²) < 4.78 is 10.6. The number of rotatable bonds is 2. The quantitative estimate of drug-likeness (QED) is 0.863. The first kappa shape index (κ1) is 13.8. The number of benzene rings is 2. The van der Waals surface area contributed by atoms with Crippen LogP contribution in [0.1, 0.15) is 11.1 Å². The molecule has 0 unspecified atom stereocenters. The fraction of sp³-hybridized carbons (Fsp3) is 0.0588. The molecule has 0 aliphatic carbocycles. The van der Waals surface area contributed by atoms with Gasteiger partial charge < -0.3 is 14.8 Å². The van der Waals surface area contributed by atoms with Crippen LogP contribution in [-0.4, -0.2) is 18.5 Å². The highest BCUT2D eigenvalue weighted by Gasteiger charge is 2.22. The Morgan fingerprint density at radius 2 is 1.87 bits per heavy atom. The predicted molar refractivity (Wildman–Crippen MR) is 86.7 cm³/mol. The number of ether oxygens (including phenoxy) is 2. The van der Waals surface area contributed by atoms with Crippen molar-refractivity contribution >= 4 is 29.4 Å². The van der Waals surface area contributed by atoms with Gasteiger partial charge in [-0.15, -0.1) is 0 Å². The summed E-state index contributed by atoms with van der Waals surface area (Å²) in [5, 5.41) is 3.23. The van der Waals surface area contributed by atoms with Gasteiger partial charge in [-0.2, -0.15) is 0 Å². The van der Waals surface area contributed by atoms with Gasteiger partial charge in [0, 0.05) is 11.6 Å². The maximum Gasteiger partial charge on any atom is 0.275 e. The molecule has 0 fully saturated rings. The Bertz CT molecular complexity index is 860. The van der Waals surface area contributed by atoms with Crippen molar-refractivity contribution in [1.82, 2.24) is 5.32 Å². The minimum absolute atomic E-state index is 0.169. The topological polar surface area (TPSA) is 59.9 Å². The number of halogens is 1. The smallest absolute Gasteiger partial charge is 0.275 e. The Kier molecular flexibility index (Phi) is 3.28. The lowest BCUT2D eigenvalue weighted by Crippen LogP contribution is -2.24. The minimum Gasteiger partial charge on any atom is -0.454 e. The van der Waals surface area contributed by atoms with Crippen molar-refractivity contribution in [3.05, 3.63) is 64.3 Å². The van der Waals surface area contributed by atoms with E-state index in [0.717, 1.165) is 5.56 Å². The second kappa shape index (κ2) is 5.44. The fourth-order valence-electron chi connectivity index (χ4n) is 2.39. The second-order valence-corrected chi connectivity index (χ2v) is 5.44. The van der Waals surface area contributed by atoms with Crippen molar-refractivity contribution in [1.29, 1.82) is 0 Å². The summed E-state index contributed by atoms with van der Waals surface area (Å²) in [6.07, 6.45) is 1.63. The summed E-state index contributed by atoms with van der Waals surface area (Å²) in [5.74, 6) is 1.46. The van der Waals surface area contributed by atoms with Gasteiger partial charge >= 0.3 is 0 Å². The molecule has 114 valence electrons. The summed E-state index contributed by atoms with van der Waals surface area (Å²) in [5.41, 5.74) is 1.80. The fourth-order valence-corrected chi connectivity index (χ4v) is 2.60. The molecule has 0 spiro atoms. The first-order chi connectivity index (χ1) is 11.2. The standard InChI is InChI=1S/C17H11ClN2O3/c18-12-8-15-14(22-9-23-15)7-11(12)6-13-17(21)20-16(19-13)10-4-2-1-3-5-10/h1-8H,9H2,(H,19,20,21)/b13-6+. The third kappa shape index (κ3) is 2.55. The highest BCUT2D eigenvalue weighted by molar-refractivity contribution is 6.32. The van der Waals surface area contributed by atoms with E-state index in [2.05, 4.69) is 10.3 Å². The van der Waals surface area contributed by atoms with Gasteiger partial charge in [0.05, 0.1) is 5.02 Å². The van der Waals surface area contributed by atoms with Crippen LogP contribution >= 0.6 is 11.6 Å². The lowest BCUT2D eigenvalue weighted by molar-refractivity contribution is -0.115. The van der Waals surface area contributed by atoms with Crippen LogP contribution in [0.25, 0.3) is 6.08 Å². The highest BCUT2D eigenvalue weighted by Crippen LogP contribution is 2.37. The summed E-state index contributed by atoms with van der Waals surface area (Å²) in [6, 6.07) is 12.9. The van der Waals surface area contributed by atoms with Crippen LogP contribution in [0.4, 0.5) is 0 Å². The first-order valence-electron chi connectivity index (χ1n) is 6.97. The molecule has 0 saturated heterocycles. The van der Waals surface area contributed by atoms with E-state index in [9.17, 15) is 4.79 Å². The Labute approximate surface area is 137 Å². The number of amidine groups is 1. The van der Waals surface area contributed by atoms with Crippen LogP contribution in [0.3, 0.4) is 0 Å². The average Bonchev–Trinajstić information content (AvgIpc) is 3.15. The largest absolute Gasteiger partial charge is 0.454 e. The molecule has 1 N–H and O–H groups in total. The molecule has 2 aliphatic heterocycles. The zero-order valence-electron chi connectivity index (χ0n) is 11.9. The van der Waals surface area contributed by atoms with Gasteiger partial charge in [-0.25, -0.2) is 4.99 Å². The number of hydrogen-bond acceptors (Lipinski definition) is 4. The molecule has 0 atom stereocenters. The molecule has 2 aromatic rings. The van der Waals surface area contributed by atoms with Crippen molar-refractivity contribution in [2.75, 3.05) is 6.79 Å². The van der Waals surface area contributed by atoms with Crippen LogP contribution in [0.5, 0.6) is 11.5 Å². The van der Waals surface area contributed by atoms with E-state index >= 15 is 0 Å². The number of nitrogens with zero attached hydrogens (tertiary/aromatic N) is 1. The third-order valence-electron chi connectivity index (χ3n) is 3.53. The number of amides is 1. The third-order valence-corrected chi connectivity index (χ3v) is 3.86. The van der Waals surface area contributed by atoms with E-state index in [-0.39, 0.29) is 12.7 Å². The zero-order valence-corrected chi connectivity index (χ0v) is 12.6. The second-order valence-electron chi connectivity index (χ2n) is 5.04. The van der Waals surface area contributed by atoms with Gasteiger partial charge in [0.25, 0.3) is 5.91 Å². The van der Waals surface area contributed by atoms with Gasteiger partial charge in [-0.1, -0.05) is 41.9 Å². The Balaban J connectivity index is 1.71. The lowest BCUT2D eigenvalue weighted by Gasteiger charge is -2.01. The normalized spacial score (nSPS) is 17.3. The van der Waals surface area contributed by atoms with E-state index in [0.29, 0.717) is 33.6 Å². The number of fused-ring (bicyclic) bond motifs is 1. The van der Waals surface area contributed by atoms with Crippen LogP contribution in [0.15, 0.2) is 53.2 Å². The molecule has 1 amide bonds. The predicted octanol–water partition coefficient (Wildman–Crippen LogP) is 2.99. The number of carbonyl (C=O) groups is 1. The van der Waals surface area contributed by atoms with E-state index in [4.69, 9.17) is 21.1 Å². The Morgan fingerprint density at radius 3 is 2.65 bits per heavy atom. The summed E-state index contributed by atoms with van der Waals surface area (Å²) in [7, 11) is 0. The molecule has 0 radical (unpaired) electrons. The first-order valence-corrected chi connectivity index (χ1v) is 7.35. The van der Waals surface area contributed by atoms with Crippen molar-refractivity contribution in [3.8, 4) is 11.5 Å². The molecule has 0 bridgehead atoms. The number of aliphatic imine (C=N–C) groups is 1. The van der Waals surface area contributed by atoms with Crippen LogP contribution in [-0.2, 0) is 4.79 Å². The van der Waals surface area contributed by atoms with E-state index in [1.54, 1.807) is 18.2 Å². The van der Waals surface area contributed by atoms with Crippen molar-refractivity contribution in [2.24, 2.45) is 4.99 Å². The van der Waals surface area contributed by atoms with Crippen molar-refractivity contribution in [3.63, 3.8) is 0 Å². The van der Waals surface area contributed by atoms with Crippen molar-refractivity contribution < 1.29 is 14.3 Å². The van der Waals surface area contributed by atoms with Gasteiger partial charge in [0.15, 0.2) is 11.5 Å². The Hall–Kier alpha value is -2.79. The molecular formula is C17H11ClN2O3. The highest BCUT2D eigenvalue weighted by atomic mass is 35.5. The molecule has 2 heterocycles. The summed E-state index contributed by atoms with van der Waals surface area (Å²) in [6.45, 7) is 0.169. The molecule has 0 saturated carbocycles. The van der Waals surface area contributed by atoms with Crippen LogP contribution in [0.2, 0.25) is 5.02 Å². The van der Waals surface area contributed by atoms with Gasteiger partial charge in [0.1, 0.15) is 11.5 Å². The van der Waals surface area contributed by atoms with Gasteiger partial charge in [-0.3, -0.25) is 4.79 Å². The van der Waals surface area contributed by atoms with E-state index in [1.165, 1.54) is 0 Å². The van der Waals surface area contributed by atoms with Gasteiger partial charge in [0.2, 0.25) is 6.79 Å². The molecule has 23 heavy (non-hydrogen) atoms. The van der Waals surface area contributed by atoms with E-state index < -0.39 is 0 Å². The molecule has 0 aromatic heterocycles. The SMILES string of the molecule is O=C1NC(c2ccccc2)=N/C1=C/c1cc2c(cc1Cl)OCO2. The number of carbonyl (C=O) groups excluding carboxylic acids is 1. The van der Waals surface area contributed by atoms with E-state index in [1.807, 2.05) is 30.3 Å². The van der Waals surface area contributed by atoms with Crippen molar-refractivity contribution in [2.45, 2.75) is 0 Å². The van der Waals surface area contributed by atoms with Crippen LogP contribution < -0.4 is 14.8 Å². The molecule has 2 aliphatic rings. The van der Waals surface area contributed by atoms with Crippen LogP contribution in [0, 0.1) is 0 Å². The maximum absolute atomic E-state index is 12.1. The molecule has 2 aromatic carbocycles. The zero-order chi connectivity index (χ0) is 15.8. The van der Waals surface area contributed by atoms with Gasteiger partial charge in [-0.05, 0) is 17.7 Å². The molecule has 6 heteroatoms. The summed E-state index contributed by atoms with van der Waals surface area (Å²) in [4.78, 5) is 16.5. The number of nitrogens with one attached hydrogen (secondary N) is 1.